The first-order valence-electron chi connectivity index (χ1n) is 8.60. The first kappa shape index (κ1) is 22.3. The molecule has 9 nitrogen and oxygen atoms in total. The van der Waals surface area contributed by atoms with Crippen LogP contribution in [0.2, 0.25) is 0 Å². The molecule has 0 saturated heterocycles. The average Bonchev–Trinajstić information content (AvgIpc) is 3.13. The van der Waals surface area contributed by atoms with Gasteiger partial charge in [0.25, 0.3) is 5.91 Å². The van der Waals surface area contributed by atoms with Crippen molar-refractivity contribution < 1.29 is 32.3 Å². The Balaban J connectivity index is 0.000000370. The fraction of sp³-hybridized carbons (Fsp3) is 0.412. The first-order chi connectivity index (χ1) is 13.7. The van der Waals surface area contributed by atoms with E-state index in [1.807, 2.05) is 6.07 Å². The zero-order valence-electron chi connectivity index (χ0n) is 15.3. The third-order valence-corrected chi connectivity index (χ3v) is 3.94. The molecule has 1 amide bonds. The van der Waals surface area contributed by atoms with Gasteiger partial charge in [-0.2, -0.15) is 13.2 Å². The van der Waals surface area contributed by atoms with Crippen molar-refractivity contribution in [2.45, 2.75) is 32.1 Å². The van der Waals surface area contributed by atoms with Gasteiger partial charge in [-0.3, -0.25) is 9.78 Å². The molecule has 2 aromatic rings. The monoisotopic (exact) mass is 415 g/mol. The van der Waals surface area contributed by atoms with Crippen LogP contribution >= 0.6 is 0 Å². The van der Waals surface area contributed by atoms with Gasteiger partial charge in [0.15, 0.2) is 6.39 Å². The van der Waals surface area contributed by atoms with Crippen LogP contribution in [0.4, 0.5) is 13.2 Å². The number of carbonyl (C=O) groups is 2. The Labute approximate surface area is 163 Å². The molecule has 2 aromatic heterocycles. The lowest BCUT2D eigenvalue weighted by atomic mass is 10.0. The minimum Gasteiger partial charge on any atom is -0.475 e. The Morgan fingerprint density at radius 2 is 2.07 bits per heavy atom. The van der Waals surface area contributed by atoms with Gasteiger partial charge < -0.3 is 25.9 Å². The lowest BCUT2D eigenvalue weighted by Crippen LogP contribution is -2.27. The molecule has 0 bridgehead atoms. The topological polar surface area (TPSA) is 143 Å². The summed E-state index contributed by atoms with van der Waals surface area (Å²) in [5.41, 5.74) is 8.96. The summed E-state index contributed by atoms with van der Waals surface area (Å²) in [6, 6.07) is 1.92. The molecular formula is C17H20F3N5O4. The number of amides is 1. The first-order valence-corrected chi connectivity index (χ1v) is 8.60. The Morgan fingerprint density at radius 1 is 1.34 bits per heavy atom. The number of oxazole rings is 1. The largest absolute Gasteiger partial charge is 0.490 e. The van der Waals surface area contributed by atoms with Gasteiger partial charge in [0.2, 0.25) is 0 Å². The highest BCUT2D eigenvalue weighted by atomic mass is 19.4. The fourth-order valence-electron chi connectivity index (χ4n) is 2.51. The summed E-state index contributed by atoms with van der Waals surface area (Å²) in [5.74, 6) is -2.19. The van der Waals surface area contributed by atoms with E-state index in [1.54, 1.807) is 6.20 Å². The van der Waals surface area contributed by atoms with Crippen LogP contribution in [0.1, 0.15) is 33.1 Å². The van der Waals surface area contributed by atoms with Crippen molar-refractivity contribution in [2.75, 3.05) is 13.1 Å². The number of aliphatic carboxylic acids is 1. The van der Waals surface area contributed by atoms with Crippen LogP contribution < -0.4 is 16.4 Å². The molecule has 0 fully saturated rings. The highest BCUT2D eigenvalue weighted by molar-refractivity contribution is 5.94. The molecule has 0 saturated carbocycles. The summed E-state index contributed by atoms with van der Waals surface area (Å²) in [7, 11) is 0. The maximum atomic E-state index is 12.2. The zero-order chi connectivity index (χ0) is 21.4. The molecule has 0 aliphatic carbocycles. The van der Waals surface area contributed by atoms with E-state index in [9.17, 15) is 18.0 Å². The van der Waals surface area contributed by atoms with E-state index in [2.05, 4.69) is 20.6 Å². The van der Waals surface area contributed by atoms with E-state index in [-0.39, 0.29) is 5.91 Å². The van der Waals surface area contributed by atoms with Gasteiger partial charge in [0.05, 0.1) is 17.8 Å². The van der Waals surface area contributed by atoms with Gasteiger partial charge >= 0.3 is 12.1 Å². The minimum atomic E-state index is -5.08. The van der Waals surface area contributed by atoms with Crippen LogP contribution in [-0.2, 0) is 30.7 Å². The van der Waals surface area contributed by atoms with Crippen molar-refractivity contribution in [2.24, 2.45) is 5.73 Å². The molecule has 12 heteroatoms. The number of pyridine rings is 1. The summed E-state index contributed by atoms with van der Waals surface area (Å²) >= 11 is 0. The van der Waals surface area contributed by atoms with E-state index in [0.29, 0.717) is 30.8 Å². The summed E-state index contributed by atoms with van der Waals surface area (Å²) in [6.07, 6.45) is -0.587. The summed E-state index contributed by atoms with van der Waals surface area (Å²) in [4.78, 5) is 29.6. The summed E-state index contributed by atoms with van der Waals surface area (Å²) in [6.45, 7) is 2.49. The molecule has 3 heterocycles. The number of alkyl halides is 3. The van der Waals surface area contributed by atoms with E-state index in [0.717, 1.165) is 36.5 Å². The minimum absolute atomic E-state index is 0.157. The molecular weight excluding hydrogens is 395 g/mol. The molecule has 5 N–H and O–H groups in total. The Bertz CT molecular complexity index is 854. The number of hydrogen-bond donors (Lipinski definition) is 4. The van der Waals surface area contributed by atoms with Crippen molar-refractivity contribution in [1.82, 2.24) is 20.6 Å². The van der Waals surface area contributed by atoms with Crippen molar-refractivity contribution >= 4 is 11.9 Å². The number of hydrogen-bond acceptors (Lipinski definition) is 7. The molecule has 0 aromatic carbocycles. The van der Waals surface area contributed by atoms with E-state index < -0.39 is 12.1 Å². The van der Waals surface area contributed by atoms with Crippen molar-refractivity contribution in [3.63, 3.8) is 0 Å². The Hall–Kier alpha value is -2.99. The SMILES string of the molecule is NCCc1ocnc1CNC(=O)c1cnc2c(c1)CCNC2.O=C(O)C(F)(F)F. The van der Waals surface area contributed by atoms with Gasteiger partial charge in [0.1, 0.15) is 11.5 Å². The van der Waals surface area contributed by atoms with Crippen molar-refractivity contribution in [1.29, 1.82) is 0 Å². The molecule has 29 heavy (non-hydrogen) atoms. The number of carboxylic acid groups (broad SMARTS) is 1. The number of fused-ring (bicyclic) bond motifs is 1. The molecule has 158 valence electrons. The summed E-state index contributed by atoms with van der Waals surface area (Å²) < 4.78 is 37.0. The number of carboxylic acids is 1. The molecule has 0 spiro atoms. The fourth-order valence-corrected chi connectivity index (χ4v) is 2.51. The standard InChI is InChI=1S/C15H19N5O2.C2HF3O2/c16-3-1-14-13(20-9-22-14)8-19-15(21)11-5-10-2-4-17-7-12(10)18-6-11;3-2(4,5)1(6)7/h5-6,9,17H,1-4,7-8,16H2,(H,19,21);(H,6,7). The maximum Gasteiger partial charge on any atom is 0.490 e. The van der Waals surface area contributed by atoms with Crippen LogP contribution in [0.15, 0.2) is 23.1 Å². The summed E-state index contributed by atoms with van der Waals surface area (Å²) in [5, 5.41) is 13.2. The molecule has 0 radical (unpaired) electrons. The number of rotatable bonds is 5. The van der Waals surface area contributed by atoms with E-state index >= 15 is 0 Å². The van der Waals surface area contributed by atoms with Gasteiger partial charge in [-0.1, -0.05) is 0 Å². The number of nitrogens with one attached hydrogen (secondary N) is 2. The van der Waals surface area contributed by atoms with Gasteiger partial charge in [-0.25, -0.2) is 9.78 Å². The molecule has 0 atom stereocenters. The third-order valence-electron chi connectivity index (χ3n) is 3.94. The van der Waals surface area contributed by atoms with Crippen LogP contribution in [-0.4, -0.2) is 46.2 Å². The normalized spacial score (nSPS) is 13.1. The van der Waals surface area contributed by atoms with E-state index in [4.69, 9.17) is 20.1 Å². The Morgan fingerprint density at radius 3 is 2.72 bits per heavy atom. The smallest absolute Gasteiger partial charge is 0.475 e. The van der Waals surface area contributed by atoms with Crippen molar-refractivity contribution in [3.05, 3.63) is 46.9 Å². The van der Waals surface area contributed by atoms with Gasteiger partial charge in [-0.15, -0.1) is 0 Å². The molecule has 0 unspecified atom stereocenters. The van der Waals surface area contributed by atoms with E-state index in [1.165, 1.54) is 6.39 Å². The highest BCUT2D eigenvalue weighted by Gasteiger charge is 2.38. The third kappa shape index (κ3) is 6.54. The molecule has 1 aliphatic heterocycles. The maximum absolute atomic E-state index is 12.2. The number of halogens is 3. The van der Waals surface area contributed by atoms with Gasteiger partial charge in [0, 0.05) is 19.2 Å². The second-order valence-corrected chi connectivity index (χ2v) is 6.00. The van der Waals surface area contributed by atoms with Crippen LogP contribution in [0.25, 0.3) is 0 Å². The lowest BCUT2D eigenvalue weighted by molar-refractivity contribution is -0.192. The predicted molar refractivity (Wildman–Crippen MR) is 93.8 cm³/mol. The zero-order valence-corrected chi connectivity index (χ0v) is 15.3. The molecule has 3 rings (SSSR count). The van der Waals surface area contributed by atoms with Gasteiger partial charge in [-0.05, 0) is 31.1 Å². The molecule has 1 aliphatic rings. The predicted octanol–water partition coefficient (Wildman–Crippen LogP) is 0.780. The lowest BCUT2D eigenvalue weighted by Gasteiger charge is -2.16. The average molecular weight is 415 g/mol. The number of carbonyl (C=O) groups excluding carboxylic acids is 1. The Kier molecular flexibility index (Phi) is 7.67. The van der Waals surface area contributed by atoms with Crippen LogP contribution in [0.3, 0.4) is 0 Å². The number of nitrogens with two attached hydrogens (primary N) is 1. The second-order valence-electron chi connectivity index (χ2n) is 6.00. The quantitative estimate of drug-likeness (QED) is 0.561. The van der Waals surface area contributed by atoms with Crippen LogP contribution in [0.5, 0.6) is 0 Å². The van der Waals surface area contributed by atoms with Crippen molar-refractivity contribution in [3.8, 4) is 0 Å². The van der Waals surface area contributed by atoms with Crippen LogP contribution in [0, 0.1) is 0 Å². The number of aromatic nitrogens is 2. The second kappa shape index (κ2) is 9.98. The number of nitrogens with zero attached hydrogens (tertiary/aromatic N) is 2. The highest BCUT2D eigenvalue weighted by Crippen LogP contribution is 2.14.